The number of aliphatic hydroxyl groups is 8. The molecule has 3 rings (SSSR count). The van der Waals surface area contributed by atoms with Crippen LogP contribution in [-0.2, 0) is 14.2 Å². The Hall–Kier alpha value is -2.01. The van der Waals surface area contributed by atoms with Crippen LogP contribution in [0.4, 0.5) is 0 Å². The van der Waals surface area contributed by atoms with Crippen molar-refractivity contribution < 1.29 is 59.9 Å². The molecular formula is C21H29NO12. The zero-order valence-corrected chi connectivity index (χ0v) is 17.9. The molecule has 0 aromatic heterocycles. The summed E-state index contributed by atoms with van der Waals surface area (Å²) in [5.41, 5.74) is 0.817. The highest BCUT2D eigenvalue weighted by Crippen LogP contribution is 2.32. The van der Waals surface area contributed by atoms with Gasteiger partial charge in [0, 0.05) is 5.56 Å². The maximum Gasteiger partial charge on any atom is 0.279 e. The van der Waals surface area contributed by atoms with Crippen LogP contribution in [0.1, 0.15) is 15.9 Å². The molecule has 0 saturated carbocycles. The van der Waals surface area contributed by atoms with Gasteiger partial charge >= 0.3 is 0 Å². The second-order valence-corrected chi connectivity index (χ2v) is 8.05. The number of carbonyl (C=O) groups is 1. The van der Waals surface area contributed by atoms with Crippen molar-refractivity contribution in [2.24, 2.45) is 0 Å². The Balaban J connectivity index is 1.75. The summed E-state index contributed by atoms with van der Waals surface area (Å²) in [6, 6.07) is 6.02. The van der Waals surface area contributed by atoms with Gasteiger partial charge in [-0.3, -0.25) is 10.1 Å². The predicted molar refractivity (Wildman–Crippen MR) is 112 cm³/mol. The topological polar surface area (TPSA) is 219 Å². The molecule has 0 radical (unpaired) electrons. The number of hydrogen-bond acceptors (Lipinski definition) is 12. The fourth-order valence-electron chi connectivity index (χ4n) is 3.75. The third-order valence-corrected chi connectivity index (χ3v) is 5.78. The minimum atomic E-state index is -2.84. The van der Waals surface area contributed by atoms with Gasteiger partial charge in [-0.15, -0.1) is 0 Å². The molecule has 10 atom stereocenters. The van der Waals surface area contributed by atoms with E-state index >= 15 is 0 Å². The number of ether oxygens (including phenoxy) is 3. The molecule has 0 bridgehead atoms. The molecule has 13 nitrogen and oxygen atoms in total. The first kappa shape index (κ1) is 26.6. The van der Waals surface area contributed by atoms with Crippen molar-refractivity contribution in [3.8, 4) is 0 Å². The van der Waals surface area contributed by atoms with E-state index < -0.39 is 80.2 Å². The molecule has 0 aliphatic carbocycles. The molecule has 13 heteroatoms. The standard InChI is InChI=1S/C21H29NO12/c1-2-9-3-5-10(6-4-9)19(30)22-21(31)18(29)16(28)17(12(8-24)34-21)33-20-15(27)14(26)13(25)11(7-23)32-20/h2-6,11-18,20,23-29,31H,1,7-8H2,(H,22,30)/t11-,12-,13+,14+,15-,16+,17-,18-,20+,21+/m1/s1. The number of carbonyl (C=O) groups excluding carboxylic acids is 1. The molecule has 2 saturated heterocycles. The number of nitrogens with one attached hydrogen (secondary N) is 1. The van der Waals surface area contributed by atoms with Crippen molar-refractivity contribution in [3.05, 3.63) is 42.0 Å². The maximum atomic E-state index is 12.6. The van der Waals surface area contributed by atoms with Gasteiger partial charge < -0.3 is 55.1 Å². The zero-order valence-electron chi connectivity index (χ0n) is 17.9. The largest absolute Gasteiger partial charge is 0.394 e. The van der Waals surface area contributed by atoms with Crippen molar-refractivity contribution in [1.29, 1.82) is 0 Å². The fraction of sp³-hybridized carbons (Fsp3) is 0.571. The van der Waals surface area contributed by atoms with Crippen LogP contribution in [0.5, 0.6) is 0 Å². The molecule has 2 aliphatic heterocycles. The van der Waals surface area contributed by atoms with E-state index in [4.69, 9.17) is 14.2 Å². The second-order valence-electron chi connectivity index (χ2n) is 8.05. The Morgan fingerprint density at radius 2 is 1.62 bits per heavy atom. The van der Waals surface area contributed by atoms with Crippen LogP contribution in [0, 0.1) is 0 Å². The summed E-state index contributed by atoms with van der Waals surface area (Å²) in [6.45, 7) is 1.98. The van der Waals surface area contributed by atoms with E-state index in [2.05, 4.69) is 11.9 Å². The van der Waals surface area contributed by atoms with Gasteiger partial charge in [-0.25, -0.2) is 0 Å². The minimum Gasteiger partial charge on any atom is -0.394 e. The van der Waals surface area contributed by atoms with E-state index in [-0.39, 0.29) is 5.56 Å². The molecule has 1 aromatic carbocycles. The molecule has 2 heterocycles. The molecule has 9 N–H and O–H groups in total. The number of amides is 1. The van der Waals surface area contributed by atoms with Crippen LogP contribution >= 0.6 is 0 Å². The highest BCUT2D eigenvalue weighted by atomic mass is 16.7. The minimum absolute atomic E-state index is 0.0876. The Morgan fingerprint density at radius 3 is 2.18 bits per heavy atom. The summed E-state index contributed by atoms with van der Waals surface area (Å²) in [5.74, 6) is -3.70. The number of rotatable bonds is 7. The summed E-state index contributed by atoms with van der Waals surface area (Å²) in [7, 11) is 0. The summed E-state index contributed by atoms with van der Waals surface area (Å²) < 4.78 is 15.9. The van der Waals surface area contributed by atoms with Gasteiger partial charge in [-0.1, -0.05) is 24.8 Å². The van der Waals surface area contributed by atoms with Gasteiger partial charge in [0.05, 0.1) is 13.2 Å². The van der Waals surface area contributed by atoms with Crippen molar-refractivity contribution in [3.63, 3.8) is 0 Å². The molecular weight excluding hydrogens is 458 g/mol. The van der Waals surface area contributed by atoms with Crippen LogP contribution in [0.2, 0.25) is 0 Å². The first-order valence-electron chi connectivity index (χ1n) is 10.4. The molecule has 0 unspecified atom stereocenters. The van der Waals surface area contributed by atoms with Crippen LogP contribution in [0.15, 0.2) is 30.8 Å². The molecule has 2 aliphatic rings. The Labute approximate surface area is 194 Å². The first-order valence-corrected chi connectivity index (χ1v) is 10.4. The zero-order chi connectivity index (χ0) is 25.2. The molecule has 1 aromatic rings. The monoisotopic (exact) mass is 487 g/mol. The van der Waals surface area contributed by atoms with Crippen molar-refractivity contribution in [1.82, 2.24) is 5.32 Å². The summed E-state index contributed by atoms with van der Waals surface area (Å²) >= 11 is 0. The Kier molecular flexibility index (Phi) is 8.38. The number of hydrogen-bond donors (Lipinski definition) is 9. The van der Waals surface area contributed by atoms with E-state index in [1.165, 1.54) is 12.1 Å². The summed E-state index contributed by atoms with van der Waals surface area (Å²) in [6.07, 6.45) is -14.1. The van der Waals surface area contributed by atoms with Gasteiger partial charge in [0.25, 0.3) is 11.8 Å². The number of benzene rings is 1. The molecule has 1 amide bonds. The quantitative estimate of drug-likeness (QED) is 0.168. The van der Waals surface area contributed by atoms with Gasteiger partial charge in [0.15, 0.2) is 12.4 Å². The third kappa shape index (κ3) is 5.15. The van der Waals surface area contributed by atoms with Gasteiger partial charge in [0.2, 0.25) is 0 Å². The predicted octanol–water partition coefficient (Wildman–Crippen LogP) is -4.00. The smallest absolute Gasteiger partial charge is 0.279 e. The SMILES string of the molecule is C=Cc1ccc(C(=O)N[C@@]2(O)O[C@H](CO)[C@@H](O[C@@H]3O[C@H](CO)[C@H](O)[C@H](O)[C@H]3O)[C@H](O)[C@H]2O)cc1. The fourth-order valence-corrected chi connectivity index (χ4v) is 3.75. The molecule has 190 valence electrons. The van der Waals surface area contributed by atoms with Crippen LogP contribution in [0.25, 0.3) is 6.08 Å². The first-order chi connectivity index (χ1) is 16.1. The Bertz CT molecular complexity index is 849. The van der Waals surface area contributed by atoms with E-state index in [0.717, 1.165) is 5.56 Å². The van der Waals surface area contributed by atoms with Crippen LogP contribution < -0.4 is 5.32 Å². The summed E-state index contributed by atoms with van der Waals surface area (Å²) in [5, 5.41) is 82.8. The van der Waals surface area contributed by atoms with Crippen LogP contribution in [-0.4, -0.2) is 121 Å². The van der Waals surface area contributed by atoms with Gasteiger partial charge in [-0.2, -0.15) is 0 Å². The van der Waals surface area contributed by atoms with Crippen molar-refractivity contribution >= 4 is 12.0 Å². The van der Waals surface area contributed by atoms with E-state index in [1.54, 1.807) is 18.2 Å². The Morgan fingerprint density at radius 1 is 1.00 bits per heavy atom. The summed E-state index contributed by atoms with van der Waals surface area (Å²) in [4.78, 5) is 12.6. The van der Waals surface area contributed by atoms with E-state index in [1.807, 2.05) is 0 Å². The van der Waals surface area contributed by atoms with Crippen molar-refractivity contribution in [2.45, 2.75) is 61.0 Å². The van der Waals surface area contributed by atoms with Crippen molar-refractivity contribution in [2.75, 3.05) is 13.2 Å². The van der Waals surface area contributed by atoms with E-state index in [0.29, 0.717) is 0 Å². The molecule has 0 spiro atoms. The lowest BCUT2D eigenvalue weighted by Crippen LogP contribution is -2.72. The van der Waals surface area contributed by atoms with Crippen LogP contribution in [0.3, 0.4) is 0 Å². The highest BCUT2D eigenvalue weighted by Gasteiger charge is 2.56. The lowest BCUT2D eigenvalue weighted by Gasteiger charge is -2.48. The normalized spacial score (nSPS) is 40.5. The lowest BCUT2D eigenvalue weighted by atomic mass is 9.95. The molecule has 2 fully saturated rings. The van der Waals surface area contributed by atoms with Gasteiger partial charge in [0.1, 0.15) is 42.7 Å². The lowest BCUT2D eigenvalue weighted by molar-refractivity contribution is -0.387. The molecule has 34 heavy (non-hydrogen) atoms. The van der Waals surface area contributed by atoms with E-state index in [9.17, 15) is 45.6 Å². The average molecular weight is 487 g/mol. The number of aliphatic hydroxyl groups excluding tert-OH is 7. The highest BCUT2D eigenvalue weighted by molar-refractivity contribution is 5.94. The third-order valence-electron chi connectivity index (χ3n) is 5.78. The average Bonchev–Trinajstić information content (AvgIpc) is 2.84. The second kappa shape index (κ2) is 10.7. The van der Waals surface area contributed by atoms with Gasteiger partial charge in [-0.05, 0) is 17.7 Å². The maximum absolute atomic E-state index is 12.6.